The molecule has 1 saturated carbocycles. The average molecular weight is 126 g/mol. The van der Waals surface area contributed by atoms with Gasteiger partial charge in [-0.3, -0.25) is 4.79 Å². The molecule has 1 rings (SSSR count). The lowest BCUT2D eigenvalue weighted by molar-refractivity contribution is -0.119. The highest BCUT2D eigenvalue weighted by Gasteiger charge is 2.12. The molecule has 0 heterocycles. The molecule has 0 saturated heterocycles. The third-order valence-electron chi connectivity index (χ3n) is 1.98. The van der Waals surface area contributed by atoms with Gasteiger partial charge in [-0.25, -0.2) is 0 Å². The van der Waals surface area contributed by atoms with Gasteiger partial charge < -0.3 is 0 Å². The summed E-state index contributed by atoms with van der Waals surface area (Å²) in [6.07, 6.45) is 5.31. The van der Waals surface area contributed by atoms with Crippen LogP contribution < -0.4 is 0 Å². The number of ketones is 1. The lowest BCUT2D eigenvalue weighted by Crippen LogP contribution is -1.99. The van der Waals surface area contributed by atoms with Crippen molar-refractivity contribution in [1.29, 1.82) is 0 Å². The molecule has 0 aromatic carbocycles. The Morgan fingerprint density at radius 3 is 3.00 bits per heavy atom. The van der Waals surface area contributed by atoms with E-state index in [4.69, 9.17) is 0 Å². The molecule has 1 nitrogen and oxygen atoms in total. The zero-order chi connectivity index (χ0) is 6.69. The van der Waals surface area contributed by atoms with Crippen LogP contribution in [0.5, 0.6) is 0 Å². The fraction of sp³-hybridized carbons (Fsp3) is 0.875. The van der Waals surface area contributed by atoms with Crippen LogP contribution in [0.4, 0.5) is 0 Å². The van der Waals surface area contributed by atoms with E-state index in [1.54, 1.807) is 0 Å². The van der Waals surface area contributed by atoms with Crippen LogP contribution in [0.1, 0.15) is 39.0 Å². The molecule has 1 fully saturated rings. The Balaban J connectivity index is 2.37. The lowest BCUT2D eigenvalue weighted by atomic mass is 10.0. The van der Waals surface area contributed by atoms with E-state index in [0.29, 0.717) is 11.7 Å². The topological polar surface area (TPSA) is 17.1 Å². The second-order valence-corrected chi connectivity index (χ2v) is 3.09. The third kappa shape index (κ3) is 2.17. The molecule has 0 spiro atoms. The summed E-state index contributed by atoms with van der Waals surface area (Å²) in [6, 6.07) is 0. The second-order valence-electron chi connectivity index (χ2n) is 3.09. The molecule has 0 aliphatic heterocycles. The van der Waals surface area contributed by atoms with Crippen LogP contribution in [0.3, 0.4) is 0 Å². The SMILES string of the molecule is C[C@@H]1CCCCC(=O)C1. The molecule has 0 unspecified atom stereocenters. The molecule has 1 atom stereocenters. The van der Waals surface area contributed by atoms with Crippen molar-refractivity contribution in [2.24, 2.45) is 5.92 Å². The number of hydrogen-bond donors (Lipinski definition) is 0. The molecule has 0 aromatic heterocycles. The summed E-state index contributed by atoms with van der Waals surface area (Å²) in [5.74, 6) is 1.13. The van der Waals surface area contributed by atoms with Crippen molar-refractivity contribution in [2.45, 2.75) is 39.0 Å². The molecule has 1 heteroatoms. The van der Waals surface area contributed by atoms with Crippen LogP contribution in [0.15, 0.2) is 0 Å². The number of carbonyl (C=O) groups excluding carboxylic acids is 1. The third-order valence-corrected chi connectivity index (χ3v) is 1.98. The molecule has 1 aliphatic carbocycles. The Morgan fingerprint density at radius 2 is 2.22 bits per heavy atom. The average Bonchev–Trinajstić information content (AvgIpc) is 1.93. The smallest absolute Gasteiger partial charge is 0.133 e. The summed E-state index contributed by atoms with van der Waals surface area (Å²) in [7, 11) is 0. The summed E-state index contributed by atoms with van der Waals surface area (Å²) >= 11 is 0. The van der Waals surface area contributed by atoms with Crippen LogP contribution in [0.2, 0.25) is 0 Å². The zero-order valence-corrected chi connectivity index (χ0v) is 6.02. The maximum absolute atomic E-state index is 10.9. The van der Waals surface area contributed by atoms with Crippen molar-refractivity contribution in [2.75, 3.05) is 0 Å². The molecule has 0 radical (unpaired) electrons. The van der Waals surface area contributed by atoms with Crippen molar-refractivity contribution >= 4 is 5.78 Å². The number of carbonyl (C=O) groups is 1. The quantitative estimate of drug-likeness (QED) is 0.454. The highest BCUT2D eigenvalue weighted by molar-refractivity contribution is 5.78. The van der Waals surface area contributed by atoms with Gasteiger partial charge in [0.2, 0.25) is 0 Å². The van der Waals surface area contributed by atoms with E-state index in [0.717, 1.165) is 19.3 Å². The predicted octanol–water partition coefficient (Wildman–Crippen LogP) is 2.16. The molecular formula is C8H14O. The van der Waals surface area contributed by atoms with E-state index in [1.165, 1.54) is 12.8 Å². The van der Waals surface area contributed by atoms with Gasteiger partial charge in [0.25, 0.3) is 0 Å². The van der Waals surface area contributed by atoms with Crippen molar-refractivity contribution < 1.29 is 4.79 Å². The predicted molar refractivity (Wildman–Crippen MR) is 37.3 cm³/mol. The van der Waals surface area contributed by atoms with Gasteiger partial charge in [-0.15, -0.1) is 0 Å². The maximum Gasteiger partial charge on any atom is 0.133 e. The van der Waals surface area contributed by atoms with Crippen LogP contribution in [-0.4, -0.2) is 5.78 Å². The van der Waals surface area contributed by atoms with Gasteiger partial charge in [-0.2, -0.15) is 0 Å². The van der Waals surface area contributed by atoms with E-state index in [2.05, 4.69) is 6.92 Å². The molecule has 52 valence electrons. The van der Waals surface area contributed by atoms with E-state index in [9.17, 15) is 4.79 Å². The van der Waals surface area contributed by atoms with Crippen LogP contribution in [0, 0.1) is 5.92 Å². The standard InChI is InChI=1S/C8H14O/c1-7-4-2-3-5-8(9)6-7/h7H,2-6H2,1H3/t7-/m1/s1. The largest absolute Gasteiger partial charge is 0.300 e. The number of Topliss-reactive ketones (excluding diaryl/α,β-unsaturated/α-hetero) is 1. The van der Waals surface area contributed by atoms with Crippen molar-refractivity contribution in [3.8, 4) is 0 Å². The summed E-state index contributed by atoms with van der Waals surface area (Å²) < 4.78 is 0. The van der Waals surface area contributed by atoms with E-state index in [1.807, 2.05) is 0 Å². The zero-order valence-electron chi connectivity index (χ0n) is 6.02. The molecular weight excluding hydrogens is 112 g/mol. The summed E-state index contributed by atoms with van der Waals surface area (Å²) in [4.78, 5) is 10.9. The first kappa shape index (κ1) is 6.79. The highest BCUT2D eigenvalue weighted by atomic mass is 16.1. The Bertz CT molecular complexity index is 107. The molecule has 0 amide bonds. The van der Waals surface area contributed by atoms with Gasteiger partial charge in [0.1, 0.15) is 5.78 Å². The van der Waals surface area contributed by atoms with Crippen LogP contribution in [-0.2, 0) is 4.79 Å². The molecule has 0 bridgehead atoms. The Morgan fingerprint density at radius 1 is 1.44 bits per heavy atom. The summed E-state index contributed by atoms with van der Waals surface area (Å²) in [5.41, 5.74) is 0. The monoisotopic (exact) mass is 126 g/mol. The second kappa shape index (κ2) is 3.00. The lowest BCUT2D eigenvalue weighted by Gasteiger charge is -2.02. The minimum absolute atomic E-state index is 0.472. The summed E-state index contributed by atoms with van der Waals surface area (Å²) in [6.45, 7) is 2.17. The van der Waals surface area contributed by atoms with Gasteiger partial charge in [-0.1, -0.05) is 19.8 Å². The Labute approximate surface area is 56.4 Å². The van der Waals surface area contributed by atoms with E-state index < -0.39 is 0 Å². The number of hydrogen-bond acceptors (Lipinski definition) is 1. The van der Waals surface area contributed by atoms with E-state index in [-0.39, 0.29) is 0 Å². The normalized spacial score (nSPS) is 29.9. The van der Waals surface area contributed by atoms with Crippen LogP contribution in [0.25, 0.3) is 0 Å². The fourth-order valence-electron chi connectivity index (χ4n) is 1.41. The van der Waals surface area contributed by atoms with Crippen LogP contribution >= 0.6 is 0 Å². The first-order valence-corrected chi connectivity index (χ1v) is 3.81. The van der Waals surface area contributed by atoms with Crippen molar-refractivity contribution in [1.82, 2.24) is 0 Å². The van der Waals surface area contributed by atoms with E-state index >= 15 is 0 Å². The first-order chi connectivity index (χ1) is 4.29. The van der Waals surface area contributed by atoms with Crippen molar-refractivity contribution in [3.63, 3.8) is 0 Å². The van der Waals surface area contributed by atoms with Gasteiger partial charge in [0.05, 0.1) is 0 Å². The highest BCUT2D eigenvalue weighted by Crippen LogP contribution is 2.19. The minimum atomic E-state index is 0.472. The van der Waals surface area contributed by atoms with Gasteiger partial charge in [0.15, 0.2) is 0 Å². The minimum Gasteiger partial charge on any atom is -0.300 e. The molecule has 9 heavy (non-hydrogen) atoms. The maximum atomic E-state index is 10.9. The summed E-state index contributed by atoms with van der Waals surface area (Å²) in [5, 5.41) is 0. The van der Waals surface area contributed by atoms with Gasteiger partial charge in [0, 0.05) is 12.8 Å². The molecule has 0 aromatic rings. The number of rotatable bonds is 0. The first-order valence-electron chi connectivity index (χ1n) is 3.81. The Kier molecular flexibility index (Phi) is 2.26. The molecule has 0 N–H and O–H groups in total. The fourth-order valence-corrected chi connectivity index (χ4v) is 1.41. The Hall–Kier alpha value is -0.330. The molecule has 1 aliphatic rings. The van der Waals surface area contributed by atoms with Crippen molar-refractivity contribution in [3.05, 3.63) is 0 Å². The van der Waals surface area contributed by atoms with Gasteiger partial charge >= 0.3 is 0 Å². The van der Waals surface area contributed by atoms with Gasteiger partial charge in [-0.05, 0) is 12.3 Å².